The van der Waals surface area contributed by atoms with Crippen LogP contribution in [0.4, 0.5) is 14.5 Å². The number of hydrogen-bond acceptors (Lipinski definition) is 6. The van der Waals surface area contributed by atoms with Crippen molar-refractivity contribution in [3.8, 4) is 17.1 Å². The smallest absolute Gasteiger partial charge is 0.387 e. The molecule has 0 fully saturated rings. The minimum Gasteiger partial charge on any atom is -0.433 e. The lowest BCUT2D eigenvalue weighted by atomic mass is 10.2. The Kier molecular flexibility index (Phi) is 8.21. The average Bonchev–Trinajstić information content (AvgIpc) is 3.16. The number of nitrogens with one attached hydrogen (secondary N) is 1. The average molecular weight is 469 g/mol. The van der Waals surface area contributed by atoms with Crippen molar-refractivity contribution in [2.45, 2.75) is 18.3 Å². The number of nitrogens with zero attached hydrogens (tertiary/aromatic N) is 3. The summed E-state index contributed by atoms with van der Waals surface area (Å²) in [4.78, 5) is 12.4. The molecule has 0 radical (unpaired) electrons. The predicted molar refractivity (Wildman–Crippen MR) is 115 cm³/mol. The maximum absolute atomic E-state index is 12.4. The highest BCUT2D eigenvalue weighted by molar-refractivity contribution is 7.99. The second-order valence-corrected chi connectivity index (χ2v) is 7.53. The van der Waals surface area contributed by atoms with Crippen LogP contribution in [0.1, 0.15) is 0 Å². The Morgan fingerprint density at radius 2 is 2.00 bits per heavy atom. The zero-order valence-electron chi connectivity index (χ0n) is 16.4. The number of anilines is 1. The molecule has 0 saturated heterocycles. The van der Waals surface area contributed by atoms with Crippen molar-refractivity contribution in [2.75, 3.05) is 24.8 Å². The first-order valence-corrected chi connectivity index (χ1v) is 10.5. The Hall–Kier alpha value is -2.69. The molecule has 0 bridgehead atoms. The van der Waals surface area contributed by atoms with Gasteiger partial charge in [0.15, 0.2) is 11.0 Å². The standard InChI is InChI=1S/C20H19ClF2N4O3S/c1-29-10-9-27-18(13-5-3-2-4-6-13)25-26-20(27)31-12-17(28)24-14-7-8-16(15(21)11-14)30-19(22)23/h2-8,11,19H,9-10,12H2,1H3,(H,24,28). The maximum Gasteiger partial charge on any atom is 0.387 e. The third-order valence-corrected chi connectivity index (χ3v) is 5.29. The van der Waals surface area contributed by atoms with Crippen molar-refractivity contribution in [3.05, 3.63) is 53.6 Å². The van der Waals surface area contributed by atoms with E-state index < -0.39 is 6.61 Å². The van der Waals surface area contributed by atoms with Crippen LogP contribution in [-0.2, 0) is 16.1 Å². The molecule has 0 saturated carbocycles. The Balaban J connectivity index is 1.66. The number of amides is 1. The fourth-order valence-electron chi connectivity index (χ4n) is 2.68. The van der Waals surface area contributed by atoms with Crippen LogP contribution >= 0.6 is 23.4 Å². The summed E-state index contributed by atoms with van der Waals surface area (Å²) in [5.74, 6) is 0.268. The van der Waals surface area contributed by atoms with Crippen LogP contribution in [0.2, 0.25) is 5.02 Å². The monoisotopic (exact) mass is 468 g/mol. The molecule has 1 aromatic heterocycles. The van der Waals surface area contributed by atoms with E-state index in [1.807, 2.05) is 34.9 Å². The van der Waals surface area contributed by atoms with Crippen LogP contribution in [-0.4, -0.2) is 46.8 Å². The van der Waals surface area contributed by atoms with Crippen molar-refractivity contribution in [1.82, 2.24) is 14.8 Å². The Labute approximate surface area is 186 Å². The molecule has 0 aliphatic rings. The lowest BCUT2D eigenvalue weighted by molar-refractivity contribution is -0.113. The second kappa shape index (κ2) is 11.1. The molecular formula is C20H19ClF2N4O3S. The van der Waals surface area contributed by atoms with Gasteiger partial charge in [-0.2, -0.15) is 8.78 Å². The molecule has 0 atom stereocenters. The first-order chi connectivity index (χ1) is 15.0. The van der Waals surface area contributed by atoms with E-state index in [-0.39, 0.29) is 22.4 Å². The molecule has 7 nitrogen and oxygen atoms in total. The van der Waals surface area contributed by atoms with Gasteiger partial charge in [-0.3, -0.25) is 9.36 Å². The minimum atomic E-state index is -2.98. The van der Waals surface area contributed by atoms with Crippen LogP contribution < -0.4 is 10.1 Å². The number of carbonyl (C=O) groups is 1. The summed E-state index contributed by atoms with van der Waals surface area (Å²) in [5, 5.41) is 11.7. The molecular weight excluding hydrogens is 450 g/mol. The van der Waals surface area contributed by atoms with E-state index in [9.17, 15) is 13.6 Å². The summed E-state index contributed by atoms with van der Waals surface area (Å²) in [5.41, 5.74) is 1.27. The van der Waals surface area contributed by atoms with Crippen LogP contribution in [0, 0.1) is 0 Å². The molecule has 0 aliphatic carbocycles. The Morgan fingerprint density at radius 3 is 2.68 bits per heavy atom. The van der Waals surface area contributed by atoms with Gasteiger partial charge < -0.3 is 14.8 Å². The molecule has 0 unspecified atom stereocenters. The van der Waals surface area contributed by atoms with Gasteiger partial charge in [-0.25, -0.2) is 0 Å². The summed E-state index contributed by atoms with van der Waals surface area (Å²) in [6, 6.07) is 13.6. The number of halogens is 3. The lowest BCUT2D eigenvalue weighted by Gasteiger charge is -2.11. The minimum absolute atomic E-state index is 0.0300. The normalized spacial score (nSPS) is 11.0. The van der Waals surface area contributed by atoms with Gasteiger partial charge in [-0.15, -0.1) is 10.2 Å². The van der Waals surface area contributed by atoms with Crippen LogP contribution in [0.5, 0.6) is 5.75 Å². The molecule has 0 spiro atoms. The number of ether oxygens (including phenoxy) is 2. The number of alkyl halides is 2. The lowest BCUT2D eigenvalue weighted by Crippen LogP contribution is -2.15. The van der Waals surface area contributed by atoms with Gasteiger partial charge in [0.2, 0.25) is 5.91 Å². The summed E-state index contributed by atoms with van der Waals surface area (Å²) in [7, 11) is 1.61. The molecule has 1 N–H and O–H groups in total. The highest BCUT2D eigenvalue weighted by atomic mass is 35.5. The van der Waals surface area contributed by atoms with Gasteiger partial charge in [-0.1, -0.05) is 53.7 Å². The maximum atomic E-state index is 12.4. The van der Waals surface area contributed by atoms with E-state index in [2.05, 4.69) is 20.3 Å². The largest absolute Gasteiger partial charge is 0.433 e. The number of rotatable bonds is 10. The SMILES string of the molecule is COCCn1c(SCC(=O)Nc2ccc(OC(F)F)c(Cl)c2)nnc1-c1ccccc1. The molecule has 0 aliphatic heterocycles. The molecule has 1 heterocycles. The van der Waals surface area contributed by atoms with E-state index in [0.717, 1.165) is 5.56 Å². The Morgan fingerprint density at radius 1 is 1.23 bits per heavy atom. The van der Waals surface area contributed by atoms with Gasteiger partial charge >= 0.3 is 6.61 Å². The highest BCUT2D eigenvalue weighted by Gasteiger charge is 2.16. The summed E-state index contributed by atoms with van der Waals surface area (Å²) < 4.78 is 36.0. The molecule has 3 rings (SSSR count). The van der Waals surface area contributed by atoms with Crippen LogP contribution in [0.25, 0.3) is 11.4 Å². The zero-order valence-corrected chi connectivity index (χ0v) is 18.0. The second-order valence-electron chi connectivity index (χ2n) is 6.18. The number of aromatic nitrogens is 3. The molecule has 2 aromatic carbocycles. The predicted octanol–water partition coefficient (Wildman–Crippen LogP) is 4.58. The Bertz CT molecular complexity index is 1020. The van der Waals surface area contributed by atoms with Gasteiger partial charge in [0.05, 0.1) is 23.9 Å². The number of benzene rings is 2. The van der Waals surface area contributed by atoms with Crippen LogP contribution in [0.3, 0.4) is 0 Å². The first kappa shape index (κ1) is 23.0. The van der Waals surface area contributed by atoms with Gasteiger partial charge in [0, 0.05) is 18.4 Å². The van der Waals surface area contributed by atoms with Crippen molar-refractivity contribution in [1.29, 1.82) is 0 Å². The quantitative estimate of drug-likeness (QED) is 0.439. The van der Waals surface area contributed by atoms with Gasteiger partial charge in [0.25, 0.3) is 0 Å². The summed E-state index contributed by atoms with van der Waals surface area (Å²) in [6.45, 7) is -1.99. The number of methoxy groups -OCH3 is 1. The van der Waals surface area contributed by atoms with Crippen molar-refractivity contribution in [3.63, 3.8) is 0 Å². The topological polar surface area (TPSA) is 78.3 Å². The molecule has 11 heteroatoms. The van der Waals surface area contributed by atoms with Crippen molar-refractivity contribution in [2.24, 2.45) is 0 Å². The molecule has 1 amide bonds. The number of carbonyl (C=O) groups excluding carboxylic acids is 1. The number of hydrogen-bond donors (Lipinski definition) is 1. The first-order valence-electron chi connectivity index (χ1n) is 9.12. The third kappa shape index (κ3) is 6.39. The van der Waals surface area contributed by atoms with E-state index in [1.165, 1.54) is 30.0 Å². The number of thioether (sulfide) groups is 1. The van der Waals surface area contributed by atoms with Crippen molar-refractivity contribution < 1.29 is 23.0 Å². The van der Waals surface area contributed by atoms with Crippen LogP contribution in [0.15, 0.2) is 53.7 Å². The van der Waals surface area contributed by atoms with E-state index in [1.54, 1.807) is 7.11 Å². The fourth-order valence-corrected chi connectivity index (χ4v) is 3.67. The zero-order chi connectivity index (χ0) is 22.2. The van der Waals surface area contributed by atoms with E-state index >= 15 is 0 Å². The third-order valence-electron chi connectivity index (χ3n) is 4.03. The van der Waals surface area contributed by atoms with Crippen molar-refractivity contribution >= 4 is 35.0 Å². The highest BCUT2D eigenvalue weighted by Crippen LogP contribution is 2.29. The molecule has 3 aromatic rings. The summed E-state index contributed by atoms with van der Waals surface area (Å²) >= 11 is 7.13. The molecule has 31 heavy (non-hydrogen) atoms. The van der Waals surface area contributed by atoms with Gasteiger partial charge in [-0.05, 0) is 18.2 Å². The van der Waals surface area contributed by atoms with Gasteiger partial charge in [0.1, 0.15) is 5.75 Å². The fraction of sp³-hybridized carbons (Fsp3) is 0.250. The summed E-state index contributed by atoms with van der Waals surface area (Å²) in [6.07, 6.45) is 0. The van der Waals surface area contributed by atoms with E-state index in [4.69, 9.17) is 16.3 Å². The molecule has 164 valence electrons. The van der Waals surface area contributed by atoms with E-state index in [0.29, 0.717) is 29.8 Å².